The summed E-state index contributed by atoms with van der Waals surface area (Å²) in [5.74, 6) is 1.65. The van der Waals surface area contributed by atoms with Crippen molar-refractivity contribution in [3.8, 4) is 0 Å². The van der Waals surface area contributed by atoms with Crippen LogP contribution in [0.5, 0.6) is 0 Å². The zero-order chi connectivity index (χ0) is 13.0. The van der Waals surface area contributed by atoms with E-state index in [1.807, 2.05) is 12.5 Å². The average Bonchev–Trinajstić information content (AvgIpc) is 2.79. The minimum Gasteiger partial charge on any atom is -0.333 e. The minimum absolute atomic E-state index is 0.679. The lowest BCUT2D eigenvalue weighted by Crippen LogP contribution is -2.40. The van der Waals surface area contributed by atoms with Gasteiger partial charge in [-0.1, -0.05) is 33.6 Å². The number of hydrogen-bond donors (Lipinski definition) is 1. The lowest BCUT2D eigenvalue weighted by Gasteiger charge is -2.34. The van der Waals surface area contributed by atoms with Gasteiger partial charge in [-0.2, -0.15) is 0 Å². The molecule has 3 unspecified atom stereocenters. The predicted octanol–water partition coefficient (Wildman–Crippen LogP) is 3.21. The Labute approximate surface area is 111 Å². The third-order valence-electron chi connectivity index (χ3n) is 4.52. The molecular weight excluding hydrogens is 222 g/mol. The van der Waals surface area contributed by atoms with E-state index in [1.54, 1.807) is 0 Å². The summed E-state index contributed by atoms with van der Waals surface area (Å²) in [4.78, 5) is 4.26. The van der Waals surface area contributed by atoms with Crippen LogP contribution in [0.1, 0.15) is 52.1 Å². The van der Waals surface area contributed by atoms with E-state index in [-0.39, 0.29) is 0 Å². The van der Waals surface area contributed by atoms with Gasteiger partial charge in [-0.3, -0.25) is 0 Å². The zero-order valence-electron chi connectivity index (χ0n) is 12.0. The molecule has 102 valence electrons. The Hall–Kier alpha value is -0.830. The highest BCUT2D eigenvalue weighted by atomic mass is 15.1. The normalized spacial score (nSPS) is 28.5. The van der Waals surface area contributed by atoms with Gasteiger partial charge in [0.2, 0.25) is 0 Å². The second-order valence-corrected chi connectivity index (χ2v) is 5.83. The number of imidazole rings is 1. The van der Waals surface area contributed by atoms with Crippen LogP contribution in [0.3, 0.4) is 0 Å². The fraction of sp³-hybridized carbons (Fsp3) is 0.800. The fourth-order valence-electron chi connectivity index (χ4n) is 3.04. The predicted molar refractivity (Wildman–Crippen MR) is 75.3 cm³/mol. The molecule has 0 saturated heterocycles. The van der Waals surface area contributed by atoms with E-state index < -0.39 is 0 Å². The first kappa shape index (κ1) is 13.6. The molecule has 2 rings (SSSR count). The Bertz CT molecular complexity index is 358. The molecule has 1 aliphatic carbocycles. The second kappa shape index (κ2) is 6.37. The largest absolute Gasteiger partial charge is 0.333 e. The quantitative estimate of drug-likeness (QED) is 0.868. The van der Waals surface area contributed by atoms with Crippen molar-refractivity contribution >= 4 is 0 Å². The Morgan fingerprint density at radius 1 is 1.39 bits per heavy atom. The van der Waals surface area contributed by atoms with E-state index in [9.17, 15) is 0 Å². The molecule has 0 aliphatic heterocycles. The van der Waals surface area contributed by atoms with Crippen LogP contribution >= 0.6 is 0 Å². The maximum absolute atomic E-state index is 4.26. The van der Waals surface area contributed by atoms with E-state index in [1.165, 1.54) is 31.4 Å². The first-order valence-corrected chi connectivity index (χ1v) is 7.44. The molecule has 3 nitrogen and oxygen atoms in total. The van der Waals surface area contributed by atoms with Crippen molar-refractivity contribution in [2.24, 2.45) is 11.8 Å². The van der Waals surface area contributed by atoms with Gasteiger partial charge in [0.1, 0.15) is 0 Å². The summed E-state index contributed by atoms with van der Waals surface area (Å²) in [6.07, 6.45) is 9.21. The SMILES string of the molecule is CCCn1cncc1CNC1CCCC(C)C1C. The third kappa shape index (κ3) is 3.14. The van der Waals surface area contributed by atoms with Gasteiger partial charge in [-0.25, -0.2) is 4.98 Å². The number of hydrogen-bond acceptors (Lipinski definition) is 2. The number of nitrogens with one attached hydrogen (secondary N) is 1. The van der Waals surface area contributed by atoms with Crippen molar-refractivity contribution in [2.75, 3.05) is 0 Å². The summed E-state index contributed by atoms with van der Waals surface area (Å²) in [7, 11) is 0. The van der Waals surface area contributed by atoms with Crippen LogP contribution in [0.4, 0.5) is 0 Å². The highest BCUT2D eigenvalue weighted by Gasteiger charge is 2.26. The highest BCUT2D eigenvalue weighted by molar-refractivity contribution is 4.99. The molecule has 1 aromatic rings. The molecule has 1 aliphatic rings. The van der Waals surface area contributed by atoms with Crippen LogP contribution in [-0.4, -0.2) is 15.6 Å². The van der Waals surface area contributed by atoms with E-state index in [4.69, 9.17) is 0 Å². The van der Waals surface area contributed by atoms with Gasteiger partial charge in [0.15, 0.2) is 0 Å². The molecule has 1 fully saturated rings. The smallest absolute Gasteiger partial charge is 0.0948 e. The third-order valence-corrected chi connectivity index (χ3v) is 4.52. The van der Waals surface area contributed by atoms with Gasteiger partial charge in [-0.05, 0) is 24.7 Å². The van der Waals surface area contributed by atoms with Gasteiger partial charge in [0.25, 0.3) is 0 Å². The van der Waals surface area contributed by atoms with Gasteiger partial charge < -0.3 is 9.88 Å². The number of rotatable bonds is 5. The maximum atomic E-state index is 4.26. The first-order chi connectivity index (χ1) is 8.72. The van der Waals surface area contributed by atoms with Crippen molar-refractivity contribution in [1.29, 1.82) is 0 Å². The molecule has 1 saturated carbocycles. The van der Waals surface area contributed by atoms with Crippen LogP contribution < -0.4 is 5.32 Å². The summed E-state index contributed by atoms with van der Waals surface area (Å²) < 4.78 is 2.27. The Morgan fingerprint density at radius 3 is 3.00 bits per heavy atom. The molecule has 3 atom stereocenters. The Kier molecular flexibility index (Phi) is 4.81. The number of nitrogens with zero attached hydrogens (tertiary/aromatic N) is 2. The Balaban J connectivity index is 1.88. The Morgan fingerprint density at radius 2 is 2.22 bits per heavy atom. The van der Waals surface area contributed by atoms with Crippen molar-refractivity contribution in [3.63, 3.8) is 0 Å². The molecule has 3 heteroatoms. The summed E-state index contributed by atoms with van der Waals surface area (Å²) in [5, 5.41) is 3.74. The van der Waals surface area contributed by atoms with Crippen LogP contribution in [0.15, 0.2) is 12.5 Å². The lowest BCUT2D eigenvalue weighted by molar-refractivity contribution is 0.205. The molecule has 0 amide bonds. The van der Waals surface area contributed by atoms with Crippen LogP contribution in [0, 0.1) is 11.8 Å². The van der Waals surface area contributed by atoms with E-state index in [2.05, 4.69) is 35.6 Å². The second-order valence-electron chi connectivity index (χ2n) is 5.83. The fourth-order valence-corrected chi connectivity index (χ4v) is 3.04. The topological polar surface area (TPSA) is 29.9 Å². The van der Waals surface area contributed by atoms with E-state index in [0.29, 0.717) is 6.04 Å². The zero-order valence-corrected chi connectivity index (χ0v) is 12.0. The van der Waals surface area contributed by atoms with Crippen LogP contribution in [0.2, 0.25) is 0 Å². The molecule has 0 aromatic carbocycles. The molecule has 0 radical (unpaired) electrons. The van der Waals surface area contributed by atoms with Crippen LogP contribution in [-0.2, 0) is 13.1 Å². The lowest BCUT2D eigenvalue weighted by atomic mass is 9.78. The number of aryl methyl sites for hydroxylation is 1. The van der Waals surface area contributed by atoms with Crippen molar-refractivity contribution in [2.45, 2.75) is 65.6 Å². The first-order valence-electron chi connectivity index (χ1n) is 7.44. The van der Waals surface area contributed by atoms with Gasteiger partial charge in [0, 0.05) is 25.3 Å². The monoisotopic (exact) mass is 249 g/mol. The molecule has 0 spiro atoms. The van der Waals surface area contributed by atoms with Gasteiger partial charge in [0.05, 0.1) is 12.0 Å². The van der Waals surface area contributed by atoms with Crippen molar-refractivity contribution in [3.05, 3.63) is 18.2 Å². The number of aromatic nitrogens is 2. The summed E-state index contributed by atoms with van der Waals surface area (Å²) in [5.41, 5.74) is 1.32. The van der Waals surface area contributed by atoms with E-state index in [0.717, 1.165) is 24.9 Å². The maximum Gasteiger partial charge on any atom is 0.0948 e. The molecule has 1 heterocycles. The van der Waals surface area contributed by atoms with Crippen molar-refractivity contribution < 1.29 is 0 Å². The van der Waals surface area contributed by atoms with Crippen LogP contribution in [0.25, 0.3) is 0 Å². The molecule has 0 bridgehead atoms. The van der Waals surface area contributed by atoms with Gasteiger partial charge in [-0.15, -0.1) is 0 Å². The molecule has 1 aromatic heterocycles. The van der Waals surface area contributed by atoms with Crippen molar-refractivity contribution in [1.82, 2.24) is 14.9 Å². The summed E-state index contributed by atoms with van der Waals surface area (Å²) in [6.45, 7) is 9.03. The molecular formula is C15H27N3. The molecule has 1 N–H and O–H groups in total. The highest BCUT2D eigenvalue weighted by Crippen LogP contribution is 2.29. The summed E-state index contributed by atoms with van der Waals surface area (Å²) in [6, 6.07) is 0.679. The summed E-state index contributed by atoms with van der Waals surface area (Å²) >= 11 is 0. The van der Waals surface area contributed by atoms with E-state index >= 15 is 0 Å². The van der Waals surface area contributed by atoms with Gasteiger partial charge >= 0.3 is 0 Å². The minimum atomic E-state index is 0.679. The molecule has 18 heavy (non-hydrogen) atoms. The standard InChI is InChI=1S/C15H27N3/c1-4-8-18-11-16-9-14(18)10-17-15-7-5-6-12(2)13(15)3/h9,11-13,15,17H,4-8,10H2,1-3H3. The average molecular weight is 249 g/mol.